The van der Waals surface area contributed by atoms with E-state index in [0.717, 1.165) is 16.7 Å². The molecule has 232 valence electrons. The Balaban J connectivity index is 1.82. The van der Waals surface area contributed by atoms with E-state index in [-0.39, 0.29) is 28.6 Å². The highest BCUT2D eigenvalue weighted by atomic mass is 16.5. The molecule has 3 heterocycles. The smallest absolute Gasteiger partial charge is 0.274 e. The predicted molar refractivity (Wildman–Crippen MR) is 177 cm³/mol. The van der Waals surface area contributed by atoms with Gasteiger partial charge in [-0.1, -0.05) is 36.4 Å². The van der Waals surface area contributed by atoms with Crippen molar-refractivity contribution >= 4 is 28.5 Å². The van der Waals surface area contributed by atoms with Gasteiger partial charge in [0.05, 0.1) is 5.56 Å². The zero-order valence-corrected chi connectivity index (χ0v) is 26.4. The number of hydrogen-bond donors (Lipinski definition) is 3. The maximum absolute atomic E-state index is 14.2. The third-order valence-electron chi connectivity index (χ3n) is 7.66. The Hall–Kier alpha value is -5.22. The number of nitrogens with one attached hydrogen (secondary N) is 3. The Labute approximate surface area is 262 Å². The quantitative estimate of drug-likeness (QED) is 0.195. The second kappa shape index (κ2) is 13.2. The van der Waals surface area contributed by atoms with Gasteiger partial charge in [0.15, 0.2) is 0 Å². The Morgan fingerprint density at radius 2 is 1.73 bits per heavy atom. The second-order valence-electron chi connectivity index (χ2n) is 11.3. The van der Waals surface area contributed by atoms with Gasteiger partial charge in [0.2, 0.25) is 0 Å². The molecule has 0 aliphatic heterocycles. The van der Waals surface area contributed by atoms with E-state index in [2.05, 4.69) is 25.5 Å². The van der Waals surface area contributed by atoms with Crippen LogP contribution in [0.25, 0.3) is 22.0 Å². The molecule has 45 heavy (non-hydrogen) atoms. The van der Waals surface area contributed by atoms with E-state index < -0.39 is 0 Å². The number of H-pyrrole nitrogens is 1. The zero-order chi connectivity index (χ0) is 32.2. The number of anilines is 1. The second-order valence-corrected chi connectivity index (χ2v) is 11.3. The molecule has 2 aromatic carbocycles. The van der Waals surface area contributed by atoms with Crippen molar-refractivity contribution in [1.82, 2.24) is 24.8 Å². The minimum absolute atomic E-state index is 0.268. The van der Waals surface area contributed by atoms with Crippen LogP contribution >= 0.6 is 0 Å². The number of amides is 2. The Morgan fingerprint density at radius 1 is 0.978 bits per heavy atom. The fraction of sp³-hybridized carbons (Fsp3) is 0.257. The van der Waals surface area contributed by atoms with Crippen LogP contribution in [0.15, 0.2) is 71.8 Å². The minimum atomic E-state index is -0.372. The number of fused-ring (bicyclic) bond motifs is 1. The molecule has 10 heteroatoms. The van der Waals surface area contributed by atoms with Crippen molar-refractivity contribution in [3.63, 3.8) is 0 Å². The number of likely N-dealkylation sites (N-methyl/N-ethyl adjacent to an activating group) is 1. The first-order valence-electron chi connectivity index (χ1n) is 14.9. The van der Waals surface area contributed by atoms with Crippen molar-refractivity contribution in [2.45, 2.75) is 27.2 Å². The summed E-state index contributed by atoms with van der Waals surface area (Å²) in [5.41, 5.74) is 4.46. The molecule has 3 aromatic heterocycles. The van der Waals surface area contributed by atoms with Gasteiger partial charge in [-0.2, -0.15) is 0 Å². The van der Waals surface area contributed by atoms with Gasteiger partial charge in [-0.05, 0) is 76.2 Å². The summed E-state index contributed by atoms with van der Waals surface area (Å²) < 4.78 is 8.27. The van der Waals surface area contributed by atoms with Crippen LogP contribution in [0.5, 0.6) is 11.5 Å². The molecule has 3 N–H and O–H groups in total. The van der Waals surface area contributed by atoms with Crippen LogP contribution in [0.1, 0.15) is 44.5 Å². The van der Waals surface area contributed by atoms with Crippen LogP contribution in [0.2, 0.25) is 0 Å². The first-order chi connectivity index (χ1) is 21.6. The predicted octanol–water partition coefficient (Wildman–Crippen LogP) is 5.44. The molecule has 0 spiro atoms. The number of ether oxygens (including phenoxy) is 1. The fourth-order valence-corrected chi connectivity index (χ4v) is 5.35. The largest absolute Gasteiger partial charge is 0.455 e. The highest BCUT2D eigenvalue weighted by molar-refractivity contribution is 6.10. The van der Waals surface area contributed by atoms with Gasteiger partial charge in [0, 0.05) is 49.0 Å². The average Bonchev–Trinajstić information content (AvgIpc) is 3.46. The Bertz CT molecular complexity index is 1920. The summed E-state index contributed by atoms with van der Waals surface area (Å²) in [5.74, 6) is 0.699. The van der Waals surface area contributed by atoms with Gasteiger partial charge >= 0.3 is 0 Å². The number of aryl methyl sites for hydroxylation is 3. The van der Waals surface area contributed by atoms with Crippen LogP contribution in [0.3, 0.4) is 0 Å². The standard InChI is InChI=1S/C35H38N6O4/c1-7-36-33(42)27-19-25-26(20-41(6)35(44)30(25)38-27)24-15-14-23(16-18-40(4)5)29(34(43)39-28-13-8-9-17-37-28)32(24)45-31-21(2)11-10-12-22(31)3/h8-15,17,19-20,38H,7,16,18H2,1-6H3,(H,36,42)(H,37,39,43). The topological polar surface area (TPSA) is 121 Å². The van der Waals surface area contributed by atoms with Gasteiger partial charge in [-0.3, -0.25) is 14.4 Å². The number of carbonyl (C=O) groups is 2. The van der Waals surface area contributed by atoms with Crippen LogP contribution in [-0.2, 0) is 13.5 Å². The van der Waals surface area contributed by atoms with Crippen molar-refractivity contribution in [3.8, 4) is 22.6 Å². The summed E-state index contributed by atoms with van der Waals surface area (Å²) in [6, 6.07) is 16.7. The molecular weight excluding hydrogens is 568 g/mol. The van der Waals surface area contributed by atoms with Crippen molar-refractivity contribution < 1.29 is 14.3 Å². The summed E-state index contributed by atoms with van der Waals surface area (Å²) in [7, 11) is 5.62. The first-order valence-corrected chi connectivity index (χ1v) is 14.9. The van der Waals surface area contributed by atoms with E-state index >= 15 is 0 Å². The maximum atomic E-state index is 14.2. The molecule has 0 saturated carbocycles. The molecular formula is C35H38N6O4. The summed E-state index contributed by atoms with van der Waals surface area (Å²) in [4.78, 5) is 49.7. The number of nitrogens with zero attached hydrogens (tertiary/aromatic N) is 3. The number of hydrogen-bond acceptors (Lipinski definition) is 6. The molecule has 2 amide bonds. The lowest BCUT2D eigenvalue weighted by atomic mass is 9.94. The Morgan fingerprint density at radius 3 is 2.40 bits per heavy atom. The number of benzene rings is 2. The number of aromatic amines is 1. The molecule has 0 radical (unpaired) electrons. The maximum Gasteiger partial charge on any atom is 0.274 e. The average molecular weight is 607 g/mol. The van der Waals surface area contributed by atoms with E-state index in [4.69, 9.17) is 4.74 Å². The number of rotatable bonds is 10. The minimum Gasteiger partial charge on any atom is -0.455 e. The molecule has 0 aliphatic carbocycles. The molecule has 5 aromatic rings. The first kappa shape index (κ1) is 31.2. The van der Waals surface area contributed by atoms with Gasteiger partial charge in [-0.25, -0.2) is 4.98 Å². The normalized spacial score (nSPS) is 11.2. The van der Waals surface area contributed by atoms with E-state index in [0.29, 0.717) is 58.9 Å². The van der Waals surface area contributed by atoms with E-state index in [1.807, 2.05) is 65.2 Å². The van der Waals surface area contributed by atoms with Crippen LogP contribution < -0.4 is 20.9 Å². The summed E-state index contributed by atoms with van der Waals surface area (Å²) in [6.45, 7) is 6.89. The SMILES string of the molecule is CCNC(=O)c1cc2c(-c3ccc(CCN(C)C)c(C(=O)Nc4ccccn4)c3Oc3c(C)cccc3C)cn(C)c(=O)c2[nH]1. The monoisotopic (exact) mass is 606 g/mol. The van der Waals surface area contributed by atoms with Crippen LogP contribution in [0, 0.1) is 13.8 Å². The van der Waals surface area contributed by atoms with Crippen molar-refractivity contribution in [2.75, 3.05) is 32.5 Å². The van der Waals surface area contributed by atoms with Crippen LogP contribution in [0.4, 0.5) is 5.82 Å². The number of carbonyl (C=O) groups excluding carboxylic acids is 2. The van der Waals surface area contributed by atoms with E-state index in [1.54, 1.807) is 43.7 Å². The summed E-state index contributed by atoms with van der Waals surface area (Å²) in [5, 5.41) is 6.28. The van der Waals surface area contributed by atoms with Crippen molar-refractivity contribution in [3.05, 3.63) is 105 Å². The molecule has 5 rings (SSSR count). The van der Waals surface area contributed by atoms with Gasteiger partial charge in [-0.15, -0.1) is 0 Å². The molecule has 0 unspecified atom stereocenters. The summed E-state index contributed by atoms with van der Waals surface area (Å²) in [6.07, 6.45) is 3.91. The highest BCUT2D eigenvalue weighted by Crippen LogP contribution is 2.42. The lowest BCUT2D eigenvalue weighted by Crippen LogP contribution is -2.23. The molecule has 0 bridgehead atoms. The molecule has 10 nitrogen and oxygen atoms in total. The summed E-state index contributed by atoms with van der Waals surface area (Å²) >= 11 is 0. The number of pyridine rings is 2. The van der Waals surface area contributed by atoms with E-state index in [9.17, 15) is 14.4 Å². The molecule has 0 aliphatic rings. The molecule has 0 fully saturated rings. The number of para-hydroxylation sites is 1. The lowest BCUT2D eigenvalue weighted by molar-refractivity contribution is 0.0950. The highest BCUT2D eigenvalue weighted by Gasteiger charge is 2.26. The van der Waals surface area contributed by atoms with Crippen molar-refractivity contribution in [2.24, 2.45) is 7.05 Å². The third kappa shape index (κ3) is 6.51. The number of aromatic nitrogens is 3. The zero-order valence-electron chi connectivity index (χ0n) is 26.4. The molecule has 0 atom stereocenters. The lowest BCUT2D eigenvalue weighted by Gasteiger charge is -2.22. The van der Waals surface area contributed by atoms with Crippen LogP contribution in [-0.4, -0.2) is 58.4 Å². The molecule has 0 saturated heterocycles. The fourth-order valence-electron chi connectivity index (χ4n) is 5.35. The van der Waals surface area contributed by atoms with Gasteiger partial charge in [0.1, 0.15) is 28.5 Å². The van der Waals surface area contributed by atoms with E-state index in [1.165, 1.54) is 4.57 Å². The Kier molecular flexibility index (Phi) is 9.15. The van der Waals surface area contributed by atoms with Gasteiger partial charge < -0.3 is 29.8 Å². The van der Waals surface area contributed by atoms with Crippen molar-refractivity contribution in [1.29, 1.82) is 0 Å². The third-order valence-corrected chi connectivity index (χ3v) is 7.66. The van der Waals surface area contributed by atoms with Gasteiger partial charge in [0.25, 0.3) is 17.4 Å².